The first-order chi connectivity index (χ1) is 9.69. The predicted octanol–water partition coefficient (Wildman–Crippen LogP) is 2.50. The van der Waals surface area contributed by atoms with Gasteiger partial charge in [-0.15, -0.1) is 0 Å². The first-order valence-corrected chi connectivity index (χ1v) is 8.75. The molecule has 2 fully saturated rings. The van der Waals surface area contributed by atoms with Crippen LogP contribution < -0.4 is 5.32 Å². The summed E-state index contributed by atoms with van der Waals surface area (Å²) in [5.74, 6) is 2.05. The van der Waals surface area contributed by atoms with Crippen molar-refractivity contribution in [3.8, 4) is 0 Å². The standard InChI is InChI=1S/C17H34N2O/c1-14(2)12-19-9-7-17(8-10-19)18-11-15-5-3-4-6-16(15)13-20/h14-18,20H,3-13H2,1-2H3. The molecule has 3 heteroatoms. The Kier molecular flexibility index (Phi) is 6.79. The molecule has 3 nitrogen and oxygen atoms in total. The molecule has 2 aliphatic rings. The molecule has 2 rings (SSSR count). The smallest absolute Gasteiger partial charge is 0.0462 e. The third-order valence-corrected chi connectivity index (χ3v) is 5.18. The van der Waals surface area contributed by atoms with Gasteiger partial charge in [-0.2, -0.15) is 0 Å². The number of aliphatic hydroxyl groups is 1. The van der Waals surface area contributed by atoms with Crippen LogP contribution in [0.5, 0.6) is 0 Å². The molecule has 0 spiro atoms. The average Bonchev–Trinajstić information content (AvgIpc) is 2.46. The highest BCUT2D eigenvalue weighted by atomic mass is 16.3. The fraction of sp³-hybridized carbons (Fsp3) is 1.00. The molecular formula is C17H34N2O. The molecule has 1 saturated carbocycles. The average molecular weight is 282 g/mol. The number of aliphatic hydroxyl groups excluding tert-OH is 1. The molecule has 1 saturated heterocycles. The lowest BCUT2D eigenvalue weighted by molar-refractivity contribution is 0.124. The number of hydrogen-bond donors (Lipinski definition) is 2. The Hall–Kier alpha value is -0.120. The second kappa shape index (κ2) is 8.35. The molecule has 0 amide bonds. The monoisotopic (exact) mass is 282 g/mol. The number of piperidine rings is 1. The molecule has 2 N–H and O–H groups in total. The van der Waals surface area contributed by atoms with E-state index in [0.717, 1.165) is 12.5 Å². The van der Waals surface area contributed by atoms with Crippen LogP contribution in [0.3, 0.4) is 0 Å². The van der Waals surface area contributed by atoms with Crippen molar-refractivity contribution in [1.29, 1.82) is 0 Å². The fourth-order valence-corrected chi connectivity index (χ4v) is 3.95. The second-order valence-electron chi connectivity index (χ2n) is 7.36. The highest BCUT2D eigenvalue weighted by Gasteiger charge is 2.26. The summed E-state index contributed by atoms with van der Waals surface area (Å²) in [6.07, 6.45) is 7.80. The van der Waals surface area contributed by atoms with Crippen molar-refractivity contribution in [3.63, 3.8) is 0 Å². The maximum absolute atomic E-state index is 9.48. The number of nitrogens with zero attached hydrogens (tertiary/aromatic N) is 1. The molecule has 0 radical (unpaired) electrons. The zero-order chi connectivity index (χ0) is 14.4. The molecule has 118 valence electrons. The second-order valence-corrected chi connectivity index (χ2v) is 7.36. The molecule has 1 aliphatic carbocycles. The van der Waals surface area contributed by atoms with Gasteiger partial charge in [0.1, 0.15) is 0 Å². The molecule has 2 unspecified atom stereocenters. The molecule has 1 heterocycles. The van der Waals surface area contributed by atoms with Gasteiger partial charge >= 0.3 is 0 Å². The van der Waals surface area contributed by atoms with Gasteiger partial charge in [-0.25, -0.2) is 0 Å². The highest BCUT2D eigenvalue weighted by Crippen LogP contribution is 2.29. The summed E-state index contributed by atoms with van der Waals surface area (Å²) in [6, 6.07) is 0.708. The van der Waals surface area contributed by atoms with Gasteiger partial charge in [0, 0.05) is 19.2 Å². The van der Waals surface area contributed by atoms with Crippen molar-refractivity contribution in [2.45, 2.75) is 58.4 Å². The summed E-state index contributed by atoms with van der Waals surface area (Å²) in [6.45, 7) is 9.89. The first-order valence-electron chi connectivity index (χ1n) is 8.75. The van der Waals surface area contributed by atoms with E-state index in [9.17, 15) is 5.11 Å². The zero-order valence-electron chi connectivity index (χ0n) is 13.5. The van der Waals surface area contributed by atoms with Crippen molar-refractivity contribution in [2.75, 3.05) is 32.8 Å². The Labute approximate surface area is 125 Å². The van der Waals surface area contributed by atoms with E-state index in [4.69, 9.17) is 0 Å². The minimum absolute atomic E-state index is 0.388. The van der Waals surface area contributed by atoms with Crippen LogP contribution in [0.25, 0.3) is 0 Å². The summed E-state index contributed by atoms with van der Waals surface area (Å²) in [5, 5.41) is 13.3. The van der Waals surface area contributed by atoms with Crippen LogP contribution in [-0.2, 0) is 0 Å². The maximum Gasteiger partial charge on any atom is 0.0462 e. The van der Waals surface area contributed by atoms with Crippen LogP contribution >= 0.6 is 0 Å². The minimum atomic E-state index is 0.388. The van der Waals surface area contributed by atoms with E-state index in [1.807, 2.05) is 0 Å². The SMILES string of the molecule is CC(C)CN1CCC(NCC2CCCCC2CO)CC1. The molecule has 20 heavy (non-hydrogen) atoms. The fourth-order valence-electron chi connectivity index (χ4n) is 3.95. The molecule has 0 aromatic carbocycles. The number of hydrogen-bond acceptors (Lipinski definition) is 3. The van der Waals surface area contributed by atoms with E-state index < -0.39 is 0 Å². The lowest BCUT2D eigenvalue weighted by Crippen LogP contribution is -2.45. The van der Waals surface area contributed by atoms with Gasteiger partial charge in [0.25, 0.3) is 0 Å². The van der Waals surface area contributed by atoms with E-state index in [0.29, 0.717) is 24.5 Å². The van der Waals surface area contributed by atoms with E-state index in [2.05, 4.69) is 24.1 Å². The quantitative estimate of drug-likeness (QED) is 0.786. The molecule has 2 atom stereocenters. The van der Waals surface area contributed by atoms with Gasteiger partial charge in [0.05, 0.1) is 0 Å². The Morgan fingerprint density at radius 1 is 1.05 bits per heavy atom. The van der Waals surface area contributed by atoms with Crippen molar-refractivity contribution >= 4 is 0 Å². The van der Waals surface area contributed by atoms with Gasteiger partial charge in [-0.3, -0.25) is 0 Å². The summed E-state index contributed by atoms with van der Waals surface area (Å²) in [5.41, 5.74) is 0. The molecule has 0 aromatic rings. The summed E-state index contributed by atoms with van der Waals surface area (Å²) in [7, 11) is 0. The summed E-state index contributed by atoms with van der Waals surface area (Å²) in [4.78, 5) is 2.61. The van der Waals surface area contributed by atoms with E-state index >= 15 is 0 Å². The Balaban J connectivity index is 1.65. The van der Waals surface area contributed by atoms with Gasteiger partial charge in [0.15, 0.2) is 0 Å². The number of nitrogens with one attached hydrogen (secondary N) is 1. The predicted molar refractivity (Wildman–Crippen MR) is 84.8 cm³/mol. The van der Waals surface area contributed by atoms with Crippen LogP contribution in [0.2, 0.25) is 0 Å². The van der Waals surface area contributed by atoms with Crippen LogP contribution in [0, 0.1) is 17.8 Å². The first kappa shape index (κ1) is 16.3. The van der Waals surface area contributed by atoms with Gasteiger partial charge in [-0.1, -0.05) is 26.7 Å². The zero-order valence-corrected chi connectivity index (χ0v) is 13.5. The normalized spacial score (nSPS) is 30.0. The Bertz CT molecular complexity index is 262. The highest BCUT2D eigenvalue weighted by molar-refractivity contribution is 4.81. The van der Waals surface area contributed by atoms with Crippen molar-refractivity contribution < 1.29 is 5.11 Å². The molecule has 0 aromatic heterocycles. The van der Waals surface area contributed by atoms with Crippen molar-refractivity contribution in [1.82, 2.24) is 10.2 Å². The number of likely N-dealkylation sites (tertiary alicyclic amines) is 1. The minimum Gasteiger partial charge on any atom is -0.396 e. The number of rotatable bonds is 6. The van der Waals surface area contributed by atoms with Crippen LogP contribution in [-0.4, -0.2) is 48.8 Å². The van der Waals surface area contributed by atoms with Gasteiger partial charge < -0.3 is 15.3 Å². The van der Waals surface area contributed by atoms with Crippen LogP contribution in [0.4, 0.5) is 0 Å². The van der Waals surface area contributed by atoms with Crippen LogP contribution in [0.15, 0.2) is 0 Å². The van der Waals surface area contributed by atoms with Gasteiger partial charge in [0.2, 0.25) is 0 Å². The largest absolute Gasteiger partial charge is 0.396 e. The summed E-state index contributed by atoms with van der Waals surface area (Å²) >= 11 is 0. The lowest BCUT2D eigenvalue weighted by atomic mass is 9.79. The molecular weight excluding hydrogens is 248 g/mol. The Morgan fingerprint density at radius 3 is 2.30 bits per heavy atom. The van der Waals surface area contributed by atoms with E-state index in [1.54, 1.807) is 0 Å². The van der Waals surface area contributed by atoms with E-state index in [-0.39, 0.29) is 0 Å². The molecule has 0 bridgehead atoms. The van der Waals surface area contributed by atoms with Crippen LogP contribution in [0.1, 0.15) is 52.4 Å². The van der Waals surface area contributed by atoms with Gasteiger partial charge in [-0.05, 0) is 63.1 Å². The third-order valence-electron chi connectivity index (χ3n) is 5.18. The summed E-state index contributed by atoms with van der Waals surface area (Å²) < 4.78 is 0. The lowest BCUT2D eigenvalue weighted by Gasteiger charge is -2.36. The van der Waals surface area contributed by atoms with E-state index in [1.165, 1.54) is 58.2 Å². The van der Waals surface area contributed by atoms with Crippen molar-refractivity contribution in [3.05, 3.63) is 0 Å². The third kappa shape index (κ3) is 5.01. The molecule has 1 aliphatic heterocycles. The van der Waals surface area contributed by atoms with Crippen molar-refractivity contribution in [2.24, 2.45) is 17.8 Å². The maximum atomic E-state index is 9.48. The Morgan fingerprint density at radius 2 is 1.70 bits per heavy atom. The topological polar surface area (TPSA) is 35.5 Å².